The molecule has 2 nitrogen and oxygen atoms in total. The lowest BCUT2D eigenvalue weighted by Crippen LogP contribution is -2.47. The summed E-state index contributed by atoms with van der Waals surface area (Å²) in [6, 6.07) is 0.442. The Morgan fingerprint density at radius 1 is 1.12 bits per heavy atom. The average molecular weight is 226 g/mol. The summed E-state index contributed by atoms with van der Waals surface area (Å²) in [6.07, 6.45) is 8.92. The SMILES string of the molecule is CCCC(C)(CCC)N1CCCC(N)CC1. The molecule has 0 saturated carbocycles. The van der Waals surface area contributed by atoms with E-state index >= 15 is 0 Å². The normalized spacial score (nSPS) is 24.4. The van der Waals surface area contributed by atoms with E-state index in [0.717, 1.165) is 0 Å². The van der Waals surface area contributed by atoms with Crippen molar-refractivity contribution < 1.29 is 0 Å². The lowest BCUT2D eigenvalue weighted by atomic mass is 9.88. The van der Waals surface area contributed by atoms with Crippen LogP contribution in [0, 0.1) is 0 Å². The van der Waals surface area contributed by atoms with E-state index in [4.69, 9.17) is 5.73 Å². The van der Waals surface area contributed by atoms with Gasteiger partial charge in [0.05, 0.1) is 0 Å². The zero-order valence-electron chi connectivity index (χ0n) is 11.5. The van der Waals surface area contributed by atoms with Crippen molar-refractivity contribution in [1.29, 1.82) is 0 Å². The van der Waals surface area contributed by atoms with Crippen molar-refractivity contribution in [2.24, 2.45) is 5.73 Å². The highest BCUT2D eigenvalue weighted by molar-refractivity contribution is 4.88. The number of likely N-dealkylation sites (tertiary alicyclic amines) is 1. The Morgan fingerprint density at radius 2 is 1.75 bits per heavy atom. The molecule has 1 atom stereocenters. The molecule has 1 saturated heterocycles. The van der Waals surface area contributed by atoms with Gasteiger partial charge < -0.3 is 5.73 Å². The maximum atomic E-state index is 6.06. The average Bonchev–Trinajstić information content (AvgIpc) is 2.44. The Kier molecular flexibility index (Phi) is 5.77. The number of nitrogens with two attached hydrogens (primary N) is 1. The van der Waals surface area contributed by atoms with Gasteiger partial charge in [0.1, 0.15) is 0 Å². The molecule has 2 N–H and O–H groups in total. The molecule has 0 aromatic rings. The topological polar surface area (TPSA) is 29.3 Å². The standard InChI is InChI=1S/C14H30N2/c1-4-9-14(3,10-5-2)16-11-6-7-13(15)8-12-16/h13H,4-12,15H2,1-3H3. The highest BCUT2D eigenvalue weighted by Crippen LogP contribution is 2.29. The molecule has 0 spiro atoms. The summed E-state index contributed by atoms with van der Waals surface area (Å²) >= 11 is 0. The minimum atomic E-state index is 0.424. The Bertz CT molecular complexity index is 185. The van der Waals surface area contributed by atoms with Crippen LogP contribution in [0.2, 0.25) is 0 Å². The van der Waals surface area contributed by atoms with Gasteiger partial charge in [-0.05, 0) is 45.6 Å². The highest BCUT2D eigenvalue weighted by atomic mass is 15.2. The van der Waals surface area contributed by atoms with Gasteiger partial charge in [-0.3, -0.25) is 4.90 Å². The van der Waals surface area contributed by atoms with Crippen LogP contribution in [0.3, 0.4) is 0 Å². The summed E-state index contributed by atoms with van der Waals surface area (Å²) in [5.41, 5.74) is 6.49. The summed E-state index contributed by atoms with van der Waals surface area (Å²) in [4.78, 5) is 2.72. The van der Waals surface area contributed by atoms with E-state index in [9.17, 15) is 0 Å². The number of nitrogens with zero attached hydrogens (tertiary/aromatic N) is 1. The second-order valence-electron chi connectivity index (χ2n) is 5.67. The van der Waals surface area contributed by atoms with Crippen molar-refractivity contribution in [3.63, 3.8) is 0 Å². The van der Waals surface area contributed by atoms with Crippen LogP contribution in [0.15, 0.2) is 0 Å². The first-order chi connectivity index (χ1) is 7.62. The van der Waals surface area contributed by atoms with Crippen LogP contribution in [0.1, 0.15) is 65.7 Å². The van der Waals surface area contributed by atoms with Gasteiger partial charge in [0, 0.05) is 18.1 Å². The van der Waals surface area contributed by atoms with E-state index in [2.05, 4.69) is 25.7 Å². The monoisotopic (exact) mass is 226 g/mol. The number of hydrogen-bond acceptors (Lipinski definition) is 2. The molecular weight excluding hydrogens is 196 g/mol. The maximum Gasteiger partial charge on any atom is 0.0181 e. The third-order valence-electron chi connectivity index (χ3n) is 4.11. The Morgan fingerprint density at radius 3 is 2.31 bits per heavy atom. The van der Waals surface area contributed by atoms with Gasteiger partial charge in [-0.25, -0.2) is 0 Å². The van der Waals surface area contributed by atoms with Crippen molar-refractivity contribution in [2.45, 2.75) is 77.3 Å². The molecule has 1 aliphatic rings. The molecule has 1 fully saturated rings. The van der Waals surface area contributed by atoms with Gasteiger partial charge in [-0.2, -0.15) is 0 Å². The highest BCUT2D eigenvalue weighted by Gasteiger charge is 2.30. The second-order valence-corrected chi connectivity index (χ2v) is 5.67. The van der Waals surface area contributed by atoms with Crippen molar-refractivity contribution in [3.05, 3.63) is 0 Å². The van der Waals surface area contributed by atoms with Crippen molar-refractivity contribution in [1.82, 2.24) is 4.90 Å². The van der Waals surface area contributed by atoms with Crippen LogP contribution >= 0.6 is 0 Å². The van der Waals surface area contributed by atoms with Crippen LogP contribution in [-0.2, 0) is 0 Å². The Hall–Kier alpha value is -0.0800. The van der Waals surface area contributed by atoms with Crippen LogP contribution in [0.25, 0.3) is 0 Å². The minimum absolute atomic E-state index is 0.424. The van der Waals surface area contributed by atoms with Crippen molar-refractivity contribution in [3.8, 4) is 0 Å². The molecule has 1 aliphatic heterocycles. The molecular formula is C14H30N2. The van der Waals surface area contributed by atoms with E-state index in [-0.39, 0.29) is 0 Å². The maximum absolute atomic E-state index is 6.06. The van der Waals surface area contributed by atoms with Crippen molar-refractivity contribution in [2.75, 3.05) is 13.1 Å². The lowest BCUT2D eigenvalue weighted by molar-refractivity contribution is 0.0873. The van der Waals surface area contributed by atoms with E-state index in [1.54, 1.807) is 0 Å². The second kappa shape index (κ2) is 6.61. The first-order valence-electron chi connectivity index (χ1n) is 7.13. The predicted octanol–water partition coefficient (Wildman–Crippen LogP) is 3.16. The fraction of sp³-hybridized carbons (Fsp3) is 1.00. The number of hydrogen-bond donors (Lipinski definition) is 1. The Labute approximate surface area is 102 Å². The van der Waals surface area contributed by atoms with E-state index in [1.165, 1.54) is 58.0 Å². The number of rotatable bonds is 5. The van der Waals surface area contributed by atoms with Crippen LogP contribution in [0.4, 0.5) is 0 Å². The largest absolute Gasteiger partial charge is 0.328 e. The van der Waals surface area contributed by atoms with E-state index in [1.807, 2.05) is 0 Å². The Balaban J connectivity index is 2.61. The van der Waals surface area contributed by atoms with Crippen LogP contribution in [-0.4, -0.2) is 29.6 Å². The summed E-state index contributed by atoms with van der Waals surface area (Å²) in [6.45, 7) is 9.52. The van der Waals surface area contributed by atoms with Gasteiger partial charge in [0.25, 0.3) is 0 Å². The smallest absolute Gasteiger partial charge is 0.0181 e. The molecule has 0 aromatic carbocycles. The zero-order chi connectivity index (χ0) is 12.0. The molecule has 96 valence electrons. The third kappa shape index (κ3) is 3.74. The molecule has 0 amide bonds. The van der Waals surface area contributed by atoms with Gasteiger partial charge in [-0.1, -0.05) is 26.7 Å². The summed E-state index contributed by atoms with van der Waals surface area (Å²) in [7, 11) is 0. The fourth-order valence-electron chi connectivity index (χ4n) is 3.18. The molecule has 0 aromatic heterocycles. The van der Waals surface area contributed by atoms with E-state index < -0.39 is 0 Å². The summed E-state index contributed by atoms with van der Waals surface area (Å²) in [5.74, 6) is 0. The predicted molar refractivity (Wildman–Crippen MR) is 71.6 cm³/mol. The van der Waals surface area contributed by atoms with E-state index in [0.29, 0.717) is 11.6 Å². The van der Waals surface area contributed by atoms with Crippen LogP contribution in [0.5, 0.6) is 0 Å². The quantitative estimate of drug-likeness (QED) is 0.780. The van der Waals surface area contributed by atoms with Gasteiger partial charge in [0.2, 0.25) is 0 Å². The fourth-order valence-corrected chi connectivity index (χ4v) is 3.18. The van der Waals surface area contributed by atoms with Gasteiger partial charge in [-0.15, -0.1) is 0 Å². The minimum Gasteiger partial charge on any atom is -0.328 e. The summed E-state index contributed by atoms with van der Waals surface area (Å²) < 4.78 is 0. The summed E-state index contributed by atoms with van der Waals surface area (Å²) in [5, 5.41) is 0. The molecule has 0 bridgehead atoms. The molecule has 1 rings (SSSR count). The first kappa shape index (κ1) is 14.0. The molecule has 0 radical (unpaired) electrons. The lowest BCUT2D eigenvalue weighted by Gasteiger charge is -2.41. The van der Waals surface area contributed by atoms with Gasteiger partial charge >= 0.3 is 0 Å². The zero-order valence-corrected chi connectivity index (χ0v) is 11.5. The van der Waals surface area contributed by atoms with Crippen molar-refractivity contribution >= 4 is 0 Å². The van der Waals surface area contributed by atoms with Crippen LogP contribution < -0.4 is 5.73 Å². The van der Waals surface area contributed by atoms with Gasteiger partial charge in [0.15, 0.2) is 0 Å². The molecule has 2 heteroatoms. The molecule has 0 aliphatic carbocycles. The molecule has 16 heavy (non-hydrogen) atoms. The molecule has 1 heterocycles. The third-order valence-corrected chi connectivity index (χ3v) is 4.11. The first-order valence-corrected chi connectivity index (χ1v) is 7.13. The molecule has 1 unspecified atom stereocenters.